The second-order valence-corrected chi connectivity index (χ2v) is 5.52. The highest BCUT2D eigenvalue weighted by molar-refractivity contribution is 5.72. The van der Waals surface area contributed by atoms with Crippen LogP contribution in [0.15, 0.2) is 18.2 Å². The van der Waals surface area contributed by atoms with E-state index in [0.717, 1.165) is 12.1 Å². The largest absolute Gasteiger partial charge is 0.479 e. The first-order chi connectivity index (χ1) is 9.93. The number of carbonyl (C=O) groups is 1. The van der Waals surface area contributed by atoms with Crippen molar-refractivity contribution < 1.29 is 19.0 Å². The predicted octanol–water partition coefficient (Wildman–Crippen LogP) is 3.20. The van der Waals surface area contributed by atoms with E-state index in [1.807, 2.05) is 6.92 Å². The number of carboxylic acid groups (broad SMARTS) is 1. The summed E-state index contributed by atoms with van der Waals surface area (Å²) < 4.78 is 19.2. The van der Waals surface area contributed by atoms with E-state index >= 15 is 0 Å². The Bertz CT molecular complexity index is 463. The molecule has 118 valence electrons. The van der Waals surface area contributed by atoms with Gasteiger partial charge in [-0.1, -0.05) is 33.3 Å². The lowest BCUT2D eigenvalue weighted by molar-refractivity contribution is -0.145. The van der Waals surface area contributed by atoms with Crippen LogP contribution in [0.25, 0.3) is 0 Å². The van der Waals surface area contributed by atoms with Crippen LogP contribution in [0.4, 0.5) is 4.39 Å². The number of nitrogens with one attached hydrogen (secondary N) is 1. The number of rotatable bonds is 9. The molecule has 0 fully saturated rings. The van der Waals surface area contributed by atoms with Crippen molar-refractivity contribution in [3.8, 4) is 5.75 Å². The molecule has 21 heavy (non-hydrogen) atoms. The Morgan fingerprint density at radius 1 is 1.43 bits per heavy atom. The van der Waals surface area contributed by atoms with Crippen molar-refractivity contribution in [2.75, 3.05) is 6.54 Å². The molecule has 0 saturated heterocycles. The van der Waals surface area contributed by atoms with Crippen LogP contribution in [0.1, 0.15) is 39.2 Å². The number of ether oxygens (including phenoxy) is 1. The molecular formula is C16H24FNO3. The molecule has 1 aromatic carbocycles. The van der Waals surface area contributed by atoms with Crippen LogP contribution in [0.2, 0.25) is 0 Å². The number of hydrogen-bond donors (Lipinski definition) is 2. The van der Waals surface area contributed by atoms with Crippen molar-refractivity contribution in [1.82, 2.24) is 5.32 Å². The fraction of sp³-hybridized carbons (Fsp3) is 0.562. The number of carboxylic acids is 1. The van der Waals surface area contributed by atoms with Gasteiger partial charge in [0, 0.05) is 6.54 Å². The molecule has 0 aliphatic rings. The summed E-state index contributed by atoms with van der Waals surface area (Å²) in [4.78, 5) is 11.0. The Balaban J connectivity index is 2.66. The molecule has 0 heterocycles. The molecule has 0 aliphatic carbocycles. The standard InChI is InChI=1S/C16H24FNO3/c1-4-5-15(16(19)20)21-14-7-6-12(8-13(14)17)10-18-9-11(2)3/h6-8,11,15,18H,4-5,9-10H2,1-3H3,(H,19,20). The summed E-state index contributed by atoms with van der Waals surface area (Å²) in [5.41, 5.74) is 0.808. The number of hydrogen-bond acceptors (Lipinski definition) is 3. The molecular weight excluding hydrogens is 273 g/mol. The second kappa shape index (κ2) is 8.62. The molecule has 2 N–H and O–H groups in total. The topological polar surface area (TPSA) is 58.6 Å². The SMILES string of the molecule is CCCC(Oc1ccc(CNCC(C)C)cc1F)C(=O)O. The first-order valence-electron chi connectivity index (χ1n) is 7.32. The van der Waals surface area contributed by atoms with Crippen LogP contribution in [-0.4, -0.2) is 23.7 Å². The molecule has 0 bridgehead atoms. The summed E-state index contributed by atoms with van der Waals surface area (Å²) in [6.45, 7) is 7.50. The van der Waals surface area contributed by atoms with Crippen molar-refractivity contribution in [3.63, 3.8) is 0 Å². The monoisotopic (exact) mass is 297 g/mol. The summed E-state index contributed by atoms with van der Waals surface area (Å²) >= 11 is 0. The lowest BCUT2D eigenvalue weighted by Gasteiger charge is -2.15. The summed E-state index contributed by atoms with van der Waals surface area (Å²) in [6, 6.07) is 4.62. The first kappa shape index (κ1) is 17.4. The first-order valence-corrected chi connectivity index (χ1v) is 7.32. The minimum absolute atomic E-state index is 0.0107. The van der Waals surface area contributed by atoms with Crippen LogP contribution >= 0.6 is 0 Å². The van der Waals surface area contributed by atoms with E-state index in [9.17, 15) is 9.18 Å². The van der Waals surface area contributed by atoms with E-state index < -0.39 is 17.9 Å². The smallest absolute Gasteiger partial charge is 0.344 e. The number of aliphatic carboxylic acids is 1. The molecule has 0 amide bonds. The highest BCUT2D eigenvalue weighted by Crippen LogP contribution is 2.21. The van der Waals surface area contributed by atoms with E-state index in [0.29, 0.717) is 25.3 Å². The molecule has 4 nitrogen and oxygen atoms in total. The molecule has 5 heteroatoms. The quantitative estimate of drug-likeness (QED) is 0.735. The van der Waals surface area contributed by atoms with Crippen LogP contribution < -0.4 is 10.1 Å². The third-order valence-electron chi connectivity index (χ3n) is 2.97. The zero-order chi connectivity index (χ0) is 15.8. The Labute approximate surface area is 125 Å². The normalized spacial score (nSPS) is 12.4. The van der Waals surface area contributed by atoms with Crippen molar-refractivity contribution in [1.29, 1.82) is 0 Å². The molecule has 0 spiro atoms. The fourth-order valence-corrected chi connectivity index (χ4v) is 1.90. The van der Waals surface area contributed by atoms with Crippen LogP contribution in [0.3, 0.4) is 0 Å². The van der Waals surface area contributed by atoms with Gasteiger partial charge in [0.15, 0.2) is 17.7 Å². The third-order valence-corrected chi connectivity index (χ3v) is 2.97. The van der Waals surface area contributed by atoms with Gasteiger partial charge >= 0.3 is 5.97 Å². The Morgan fingerprint density at radius 2 is 2.14 bits per heavy atom. The summed E-state index contributed by atoms with van der Waals surface area (Å²) in [5, 5.41) is 12.2. The molecule has 1 aromatic rings. The van der Waals surface area contributed by atoms with Crippen LogP contribution in [0.5, 0.6) is 5.75 Å². The molecule has 1 atom stereocenters. The van der Waals surface area contributed by atoms with Crippen molar-refractivity contribution in [2.24, 2.45) is 5.92 Å². The van der Waals surface area contributed by atoms with Gasteiger partial charge in [-0.05, 0) is 36.6 Å². The highest BCUT2D eigenvalue weighted by Gasteiger charge is 2.19. The summed E-state index contributed by atoms with van der Waals surface area (Å²) in [6.07, 6.45) is 0.0110. The Kier molecular flexibility index (Phi) is 7.15. The van der Waals surface area contributed by atoms with E-state index in [1.54, 1.807) is 6.07 Å². The van der Waals surface area contributed by atoms with E-state index in [4.69, 9.17) is 9.84 Å². The average molecular weight is 297 g/mol. The fourth-order valence-electron chi connectivity index (χ4n) is 1.90. The van der Waals surface area contributed by atoms with Gasteiger partial charge in [0.1, 0.15) is 0 Å². The molecule has 0 aliphatic heterocycles. The van der Waals surface area contributed by atoms with Gasteiger partial charge < -0.3 is 15.2 Å². The molecule has 1 rings (SSSR count). The summed E-state index contributed by atoms with van der Waals surface area (Å²) in [5.74, 6) is -1.08. The van der Waals surface area contributed by atoms with E-state index in [1.165, 1.54) is 12.1 Å². The lowest BCUT2D eigenvalue weighted by atomic mass is 10.1. The van der Waals surface area contributed by atoms with Gasteiger partial charge in [0.2, 0.25) is 0 Å². The van der Waals surface area contributed by atoms with Crippen molar-refractivity contribution >= 4 is 5.97 Å². The van der Waals surface area contributed by atoms with Gasteiger partial charge in [0.05, 0.1) is 0 Å². The zero-order valence-electron chi connectivity index (χ0n) is 12.9. The Hall–Kier alpha value is -1.62. The highest BCUT2D eigenvalue weighted by atomic mass is 19.1. The molecule has 0 aromatic heterocycles. The van der Waals surface area contributed by atoms with Crippen molar-refractivity contribution in [2.45, 2.75) is 46.3 Å². The van der Waals surface area contributed by atoms with Crippen molar-refractivity contribution in [3.05, 3.63) is 29.6 Å². The molecule has 0 saturated carbocycles. The van der Waals surface area contributed by atoms with Gasteiger partial charge in [-0.2, -0.15) is 0 Å². The maximum absolute atomic E-state index is 14.0. The number of halogens is 1. The average Bonchev–Trinajstić information content (AvgIpc) is 2.40. The van der Waals surface area contributed by atoms with E-state index in [-0.39, 0.29) is 5.75 Å². The van der Waals surface area contributed by atoms with Gasteiger partial charge in [0.25, 0.3) is 0 Å². The maximum Gasteiger partial charge on any atom is 0.344 e. The summed E-state index contributed by atoms with van der Waals surface area (Å²) in [7, 11) is 0. The minimum atomic E-state index is -1.07. The van der Waals surface area contributed by atoms with Gasteiger partial charge in [-0.3, -0.25) is 0 Å². The van der Waals surface area contributed by atoms with Crippen LogP contribution in [0, 0.1) is 11.7 Å². The lowest BCUT2D eigenvalue weighted by Crippen LogP contribution is -2.27. The number of benzene rings is 1. The van der Waals surface area contributed by atoms with Gasteiger partial charge in [-0.25, -0.2) is 9.18 Å². The predicted molar refractivity (Wildman–Crippen MR) is 79.9 cm³/mol. The van der Waals surface area contributed by atoms with Crippen LogP contribution in [-0.2, 0) is 11.3 Å². The van der Waals surface area contributed by atoms with Gasteiger partial charge in [-0.15, -0.1) is 0 Å². The van der Waals surface area contributed by atoms with E-state index in [2.05, 4.69) is 19.2 Å². The molecule has 1 unspecified atom stereocenters. The second-order valence-electron chi connectivity index (χ2n) is 5.52. The maximum atomic E-state index is 14.0. The third kappa shape index (κ3) is 6.12. The Morgan fingerprint density at radius 3 is 2.67 bits per heavy atom. The zero-order valence-corrected chi connectivity index (χ0v) is 12.9. The molecule has 0 radical (unpaired) electrons. The minimum Gasteiger partial charge on any atom is -0.479 e.